The molecule has 2 N–H and O–H groups in total. The van der Waals surface area contributed by atoms with Crippen molar-refractivity contribution in [3.05, 3.63) is 24.8 Å². The molecule has 20 heavy (non-hydrogen) atoms. The molecule has 0 aromatic carbocycles. The van der Waals surface area contributed by atoms with Crippen molar-refractivity contribution in [3.8, 4) is 0 Å². The van der Waals surface area contributed by atoms with Crippen LogP contribution in [0.25, 0.3) is 0 Å². The molecule has 0 saturated carbocycles. The Balaban J connectivity index is 3.56. The number of hydrogen-bond acceptors (Lipinski definition) is 2. The fraction of sp³-hybridized carbons (Fsp3) is 0.625. The third kappa shape index (κ3) is 12.9. The fourth-order valence-corrected chi connectivity index (χ4v) is 1.98. The van der Waals surface area contributed by atoms with Crippen molar-refractivity contribution in [2.24, 2.45) is 5.92 Å². The van der Waals surface area contributed by atoms with E-state index in [0.29, 0.717) is 12.3 Å². The molecule has 0 bridgehead atoms. The third-order valence-corrected chi connectivity index (χ3v) is 3.18. The van der Waals surface area contributed by atoms with Gasteiger partial charge in [0.15, 0.2) is 0 Å². The van der Waals surface area contributed by atoms with Gasteiger partial charge >= 0.3 is 11.9 Å². The topological polar surface area (TPSA) is 74.6 Å². The molecule has 114 valence electrons. The van der Waals surface area contributed by atoms with Gasteiger partial charge in [0.05, 0.1) is 0 Å². The fourth-order valence-electron chi connectivity index (χ4n) is 1.98. The van der Waals surface area contributed by atoms with Crippen molar-refractivity contribution in [1.82, 2.24) is 0 Å². The molecular weight excluding hydrogens is 256 g/mol. The SMILES string of the molecule is C=CC(CCC=CCCCCC(=O)O)CCCC(=O)O. The van der Waals surface area contributed by atoms with Gasteiger partial charge in [-0.05, 0) is 50.9 Å². The summed E-state index contributed by atoms with van der Waals surface area (Å²) in [5, 5.41) is 17.1. The number of carbonyl (C=O) groups is 2. The average molecular weight is 282 g/mol. The van der Waals surface area contributed by atoms with Crippen LogP contribution in [0.15, 0.2) is 24.8 Å². The maximum absolute atomic E-state index is 10.4. The van der Waals surface area contributed by atoms with Gasteiger partial charge in [0, 0.05) is 12.8 Å². The Morgan fingerprint density at radius 1 is 0.900 bits per heavy atom. The van der Waals surface area contributed by atoms with E-state index in [0.717, 1.165) is 38.5 Å². The van der Waals surface area contributed by atoms with Crippen molar-refractivity contribution in [1.29, 1.82) is 0 Å². The van der Waals surface area contributed by atoms with Crippen molar-refractivity contribution in [2.45, 2.75) is 57.8 Å². The van der Waals surface area contributed by atoms with Gasteiger partial charge in [-0.3, -0.25) is 9.59 Å². The van der Waals surface area contributed by atoms with E-state index >= 15 is 0 Å². The van der Waals surface area contributed by atoms with Crippen LogP contribution < -0.4 is 0 Å². The van der Waals surface area contributed by atoms with Crippen LogP contribution in [0.3, 0.4) is 0 Å². The maximum atomic E-state index is 10.4. The van der Waals surface area contributed by atoms with Gasteiger partial charge in [-0.2, -0.15) is 0 Å². The molecule has 0 aliphatic rings. The number of allylic oxidation sites excluding steroid dienone is 3. The smallest absolute Gasteiger partial charge is 0.303 e. The van der Waals surface area contributed by atoms with Gasteiger partial charge in [0.2, 0.25) is 0 Å². The Morgan fingerprint density at radius 3 is 2.10 bits per heavy atom. The first-order chi connectivity index (χ1) is 9.56. The van der Waals surface area contributed by atoms with Crippen LogP contribution in [0.1, 0.15) is 57.8 Å². The van der Waals surface area contributed by atoms with Crippen LogP contribution in [-0.4, -0.2) is 22.2 Å². The normalized spacial score (nSPS) is 12.4. The summed E-state index contributed by atoms with van der Waals surface area (Å²) < 4.78 is 0. The highest BCUT2D eigenvalue weighted by Gasteiger charge is 2.04. The van der Waals surface area contributed by atoms with E-state index in [9.17, 15) is 9.59 Å². The number of rotatable bonds is 13. The first-order valence-corrected chi connectivity index (χ1v) is 7.27. The highest BCUT2D eigenvalue weighted by Crippen LogP contribution is 2.16. The monoisotopic (exact) mass is 282 g/mol. The summed E-state index contributed by atoms with van der Waals surface area (Å²) in [5.41, 5.74) is 0. The van der Waals surface area contributed by atoms with E-state index in [2.05, 4.69) is 18.7 Å². The molecule has 4 nitrogen and oxygen atoms in total. The van der Waals surface area contributed by atoms with Gasteiger partial charge in [-0.1, -0.05) is 18.2 Å². The molecule has 0 aromatic heterocycles. The zero-order valence-electron chi connectivity index (χ0n) is 12.1. The van der Waals surface area contributed by atoms with Crippen molar-refractivity contribution >= 4 is 11.9 Å². The van der Waals surface area contributed by atoms with Crippen LogP contribution in [0.4, 0.5) is 0 Å². The van der Waals surface area contributed by atoms with Crippen molar-refractivity contribution in [2.75, 3.05) is 0 Å². The quantitative estimate of drug-likeness (QED) is 0.395. The zero-order chi connectivity index (χ0) is 15.2. The Hall–Kier alpha value is -1.58. The van der Waals surface area contributed by atoms with E-state index in [1.165, 1.54) is 0 Å². The summed E-state index contributed by atoms with van der Waals surface area (Å²) >= 11 is 0. The van der Waals surface area contributed by atoms with Gasteiger partial charge < -0.3 is 10.2 Å². The summed E-state index contributed by atoms with van der Waals surface area (Å²) in [7, 11) is 0. The molecule has 0 spiro atoms. The highest BCUT2D eigenvalue weighted by molar-refractivity contribution is 5.66. The predicted octanol–water partition coefficient (Wildman–Crippen LogP) is 4.02. The maximum Gasteiger partial charge on any atom is 0.303 e. The molecule has 0 amide bonds. The minimum Gasteiger partial charge on any atom is -0.481 e. The molecular formula is C16H26O4. The lowest BCUT2D eigenvalue weighted by Crippen LogP contribution is -1.99. The lowest BCUT2D eigenvalue weighted by atomic mass is 9.96. The minimum absolute atomic E-state index is 0.226. The van der Waals surface area contributed by atoms with Crippen LogP contribution in [0.5, 0.6) is 0 Å². The molecule has 1 atom stereocenters. The number of aliphatic carboxylic acids is 2. The van der Waals surface area contributed by atoms with Gasteiger partial charge in [0.25, 0.3) is 0 Å². The summed E-state index contributed by atoms with van der Waals surface area (Å²) in [6.45, 7) is 3.79. The Kier molecular flexibility index (Phi) is 11.5. The molecule has 0 saturated heterocycles. The molecule has 0 aliphatic heterocycles. The van der Waals surface area contributed by atoms with E-state index in [1.807, 2.05) is 6.08 Å². The largest absolute Gasteiger partial charge is 0.481 e. The van der Waals surface area contributed by atoms with Gasteiger partial charge in [-0.15, -0.1) is 6.58 Å². The number of carboxylic acids is 2. The molecule has 0 fully saturated rings. The van der Waals surface area contributed by atoms with Crippen LogP contribution in [0, 0.1) is 5.92 Å². The van der Waals surface area contributed by atoms with E-state index in [-0.39, 0.29) is 12.8 Å². The van der Waals surface area contributed by atoms with Crippen molar-refractivity contribution < 1.29 is 19.8 Å². The average Bonchev–Trinajstić information content (AvgIpc) is 2.38. The van der Waals surface area contributed by atoms with Gasteiger partial charge in [0.1, 0.15) is 0 Å². The standard InChI is InChI=1S/C16H26O4/c1-2-14(11-9-13-16(19)20)10-7-5-3-4-6-8-12-15(17)18/h2-3,5,14H,1,4,6-13H2,(H,17,18)(H,19,20). The van der Waals surface area contributed by atoms with Crippen LogP contribution in [-0.2, 0) is 9.59 Å². The predicted molar refractivity (Wildman–Crippen MR) is 79.7 cm³/mol. The van der Waals surface area contributed by atoms with Crippen LogP contribution in [0.2, 0.25) is 0 Å². The summed E-state index contributed by atoms with van der Waals surface area (Å²) in [6.07, 6.45) is 12.7. The second-order valence-electron chi connectivity index (χ2n) is 4.97. The Labute approximate surface area is 121 Å². The van der Waals surface area contributed by atoms with E-state index < -0.39 is 11.9 Å². The lowest BCUT2D eigenvalue weighted by Gasteiger charge is -2.09. The van der Waals surface area contributed by atoms with Crippen LogP contribution >= 0.6 is 0 Å². The van der Waals surface area contributed by atoms with E-state index in [1.54, 1.807) is 0 Å². The molecule has 0 heterocycles. The molecule has 0 aromatic rings. The Morgan fingerprint density at radius 2 is 1.50 bits per heavy atom. The second-order valence-corrected chi connectivity index (χ2v) is 4.97. The molecule has 4 heteroatoms. The third-order valence-electron chi connectivity index (χ3n) is 3.18. The van der Waals surface area contributed by atoms with Gasteiger partial charge in [-0.25, -0.2) is 0 Å². The van der Waals surface area contributed by atoms with Crippen molar-refractivity contribution in [3.63, 3.8) is 0 Å². The Bertz CT molecular complexity index is 320. The second kappa shape index (κ2) is 12.5. The molecule has 0 rings (SSSR count). The number of hydrogen-bond donors (Lipinski definition) is 2. The molecule has 0 radical (unpaired) electrons. The number of carboxylic acid groups (broad SMARTS) is 2. The number of unbranched alkanes of at least 4 members (excludes halogenated alkanes) is 2. The molecule has 1 unspecified atom stereocenters. The highest BCUT2D eigenvalue weighted by atomic mass is 16.4. The summed E-state index contributed by atoms with van der Waals surface area (Å²) in [6, 6.07) is 0. The lowest BCUT2D eigenvalue weighted by molar-refractivity contribution is -0.138. The zero-order valence-corrected chi connectivity index (χ0v) is 12.1. The summed E-state index contributed by atoms with van der Waals surface area (Å²) in [5.74, 6) is -1.09. The van der Waals surface area contributed by atoms with E-state index in [4.69, 9.17) is 10.2 Å². The minimum atomic E-state index is -0.742. The molecule has 0 aliphatic carbocycles. The first kappa shape index (κ1) is 18.4. The summed E-state index contributed by atoms with van der Waals surface area (Å²) in [4.78, 5) is 20.7. The first-order valence-electron chi connectivity index (χ1n) is 7.27.